The van der Waals surface area contributed by atoms with Crippen LogP contribution in [0.1, 0.15) is 45.7 Å². The molecule has 0 saturated carbocycles. The minimum atomic E-state index is -0.0952. The predicted octanol–water partition coefficient (Wildman–Crippen LogP) is 2.98. The van der Waals surface area contributed by atoms with Gasteiger partial charge in [0.2, 0.25) is 0 Å². The molecule has 6 heteroatoms. The number of hydrogen-bond donors (Lipinski definition) is 0. The highest BCUT2D eigenvalue weighted by atomic mass is 16.2. The van der Waals surface area contributed by atoms with Gasteiger partial charge in [-0.25, -0.2) is 0 Å². The normalized spacial score (nSPS) is 17.3. The van der Waals surface area contributed by atoms with Gasteiger partial charge in [-0.1, -0.05) is 12.1 Å². The first-order chi connectivity index (χ1) is 14.1. The van der Waals surface area contributed by atoms with Crippen LogP contribution >= 0.6 is 0 Å². The van der Waals surface area contributed by atoms with Crippen molar-refractivity contribution in [3.05, 3.63) is 59.4 Å². The van der Waals surface area contributed by atoms with Crippen molar-refractivity contribution >= 4 is 17.5 Å². The van der Waals surface area contributed by atoms with E-state index in [2.05, 4.69) is 41.1 Å². The van der Waals surface area contributed by atoms with Crippen LogP contribution in [-0.4, -0.2) is 65.9 Å². The molecule has 2 aromatic rings. The zero-order valence-corrected chi connectivity index (χ0v) is 17.0. The maximum absolute atomic E-state index is 13.0. The van der Waals surface area contributed by atoms with Crippen LogP contribution in [-0.2, 0) is 0 Å². The first kappa shape index (κ1) is 19.4. The SMILES string of the molecule is Cc1cccc(N2CCN(C(=O)c3cc(C(=O)N4CCCCC4)ccn3)CC2)c1. The van der Waals surface area contributed by atoms with Gasteiger partial charge >= 0.3 is 0 Å². The second-order valence-electron chi connectivity index (χ2n) is 7.90. The third kappa shape index (κ3) is 4.42. The molecule has 2 fully saturated rings. The molecule has 0 spiro atoms. The second-order valence-corrected chi connectivity index (χ2v) is 7.90. The van der Waals surface area contributed by atoms with E-state index in [0.29, 0.717) is 24.3 Å². The van der Waals surface area contributed by atoms with Crippen molar-refractivity contribution in [3.63, 3.8) is 0 Å². The van der Waals surface area contributed by atoms with Crippen LogP contribution in [0.2, 0.25) is 0 Å². The minimum Gasteiger partial charge on any atom is -0.368 e. The molecule has 0 radical (unpaired) electrons. The second kappa shape index (κ2) is 8.64. The molecule has 152 valence electrons. The number of piperidine rings is 1. The van der Waals surface area contributed by atoms with E-state index in [1.807, 2.05) is 9.80 Å². The summed E-state index contributed by atoms with van der Waals surface area (Å²) < 4.78 is 0. The van der Waals surface area contributed by atoms with Crippen molar-refractivity contribution in [1.29, 1.82) is 0 Å². The van der Waals surface area contributed by atoms with E-state index in [0.717, 1.165) is 39.0 Å². The van der Waals surface area contributed by atoms with Gasteiger partial charge in [0, 0.05) is 56.7 Å². The number of carbonyl (C=O) groups excluding carboxylic acids is 2. The van der Waals surface area contributed by atoms with E-state index in [1.54, 1.807) is 18.3 Å². The predicted molar refractivity (Wildman–Crippen MR) is 113 cm³/mol. The molecule has 29 heavy (non-hydrogen) atoms. The van der Waals surface area contributed by atoms with Crippen molar-refractivity contribution in [2.24, 2.45) is 0 Å². The Bertz CT molecular complexity index is 884. The number of aromatic nitrogens is 1. The van der Waals surface area contributed by atoms with Crippen molar-refractivity contribution < 1.29 is 9.59 Å². The van der Waals surface area contributed by atoms with Gasteiger partial charge in [0.15, 0.2) is 0 Å². The molecule has 0 bridgehead atoms. The van der Waals surface area contributed by atoms with Crippen LogP contribution < -0.4 is 4.90 Å². The number of hydrogen-bond acceptors (Lipinski definition) is 4. The van der Waals surface area contributed by atoms with Gasteiger partial charge in [0.05, 0.1) is 0 Å². The van der Waals surface area contributed by atoms with Crippen molar-refractivity contribution in [3.8, 4) is 0 Å². The van der Waals surface area contributed by atoms with E-state index >= 15 is 0 Å². The lowest BCUT2D eigenvalue weighted by Crippen LogP contribution is -2.49. The molecule has 1 aromatic carbocycles. The van der Waals surface area contributed by atoms with Crippen LogP contribution in [0, 0.1) is 6.92 Å². The fraction of sp³-hybridized carbons (Fsp3) is 0.435. The Morgan fingerprint density at radius 3 is 2.28 bits per heavy atom. The molecule has 0 aliphatic carbocycles. The highest BCUT2D eigenvalue weighted by molar-refractivity contribution is 5.98. The molecule has 2 saturated heterocycles. The molecule has 3 heterocycles. The maximum atomic E-state index is 13.0. The molecule has 0 atom stereocenters. The van der Waals surface area contributed by atoms with E-state index in [1.165, 1.54) is 17.7 Å². The lowest BCUT2D eigenvalue weighted by Gasteiger charge is -2.36. The van der Waals surface area contributed by atoms with Gasteiger partial charge in [-0.15, -0.1) is 0 Å². The largest absolute Gasteiger partial charge is 0.368 e. The average molecular weight is 393 g/mol. The number of aryl methyl sites for hydroxylation is 1. The summed E-state index contributed by atoms with van der Waals surface area (Å²) in [6.45, 7) is 6.57. The van der Waals surface area contributed by atoms with Crippen LogP contribution in [0.3, 0.4) is 0 Å². The topological polar surface area (TPSA) is 56.8 Å². The number of pyridine rings is 1. The van der Waals surface area contributed by atoms with Gasteiger partial charge in [-0.05, 0) is 56.0 Å². The van der Waals surface area contributed by atoms with Crippen LogP contribution in [0.4, 0.5) is 5.69 Å². The zero-order chi connectivity index (χ0) is 20.2. The fourth-order valence-corrected chi connectivity index (χ4v) is 4.11. The van der Waals surface area contributed by atoms with Gasteiger partial charge in [0.1, 0.15) is 5.69 Å². The number of likely N-dealkylation sites (tertiary alicyclic amines) is 1. The number of benzene rings is 1. The smallest absolute Gasteiger partial charge is 0.272 e. The number of anilines is 1. The van der Waals surface area contributed by atoms with E-state index in [-0.39, 0.29) is 11.8 Å². The number of carbonyl (C=O) groups is 2. The summed E-state index contributed by atoms with van der Waals surface area (Å²) >= 11 is 0. The molecule has 2 amide bonds. The summed E-state index contributed by atoms with van der Waals surface area (Å²) in [5.41, 5.74) is 3.35. The van der Waals surface area contributed by atoms with Crippen molar-refractivity contribution in [2.75, 3.05) is 44.2 Å². The van der Waals surface area contributed by atoms with E-state index < -0.39 is 0 Å². The number of amides is 2. The summed E-state index contributed by atoms with van der Waals surface area (Å²) in [6.07, 6.45) is 4.85. The number of nitrogens with zero attached hydrogens (tertiary/aromatic N) is 4. The average Bonchev–Trinajstić information content (AvgIpc) is 2.79. The van der Waals surface area contributed by atoms with Gasteiger partial charge in [-0.2, -0.15) is 0 Å². The monoisotopic (exact) mass is 392 g/mol. The molecular weight excluding hydrogens is 364 g/mol. The van der Waals surface area contributed by atoms with Gasteiger partial charge in [-0.3, -0.25) is 14.6 Å². The summed E-state index contributed by atoms with van der Waals surface area (Å²) in [7, 11) is 0. The molecule has 0 unspecified atom stereocenters. The third-order valence-electron chi connectivity index (χ3n) is 5.80. The van der Waals surface area contributed by atoms with Crippen LogP contribution in [0.5, 0.6) is 0 Å². The van der Waals surface area contributed by atoms with Gasteiger partial charge in [0.25, 0.3) is 11.8 Å². The third-order valence-corrected chi connectivity index (χ3v) is 5.80. The first-order valence-corrected chi connectivity index (χ1v) is 10.5. The first-order valence-electron chi connectivity index (χ1n) is 10.5. The molecule has 2 aliphatic heterocycles. The number of rotatable bonds is 3. The fourth-order valence-electron chi connectivity index (χ4n) is 4.11. The molecule has 0 N–H and O–H groups in total. The minimum absolute atomic E-state index is 0.00502. The Hall–Kier alpha value is -2.89. The Balaban J connectivity index is 1.40. The van der Waals surface area contributed by atoms with Crippen molar-refractivity contribution in [2.45, 2.75) is 26.2 Å². The summed E-state index contributed by atoms with van der Waals surface area (Å²) in [6, 6.07) is 11.8. The highest BCUT2D eigenvalue weighted by Gasteiger charge is 2.25. The highest BCUT2D eigenvalue weighted by Crippen LogP contribution is 2.19. The zero-order valence-electron chi connectivity index (χ0n) is 17.0. The lowest BCUT2D eigenvalue weighted by atomic mass is 10.1. The van der Waals surface area contributed by atoms with E-state index in [4.69, 9.17) is 0 Å². The number of piperazine rings is 1. The Kier molecular flexibility index (Phi) is 5.79. The summed E-state index contributed by atoms with van der Waals surface area (Å²) in [5.74, 6) is -0.0902. The van der Waals surface area contributed by atoms with E-state index in [9.17, 15) is 9.59 Å². The summed E-state index contributed by atoms with van der Waals surface area (Å²) in [4.78, 5) is 36.0. The Morgan fingerprint density at radius 2 is 1.55 bits per heavy atom. The molecular formula is C23H28N4O2. The van der Waals surface area contributed by atoms with Crippen LogP contribution in [0.25, 0.3) is 0 Å². The Morgan fingerprint density at radius 1 is 0.828 bits per heavy atom. The quantitative estimate of drug-likeness (QED) is 0.806. The van der Waals surface area contributed by atoms with Crippen LogP contribution in [0.15, 0.2) is 42.6 Å². The van der Waals surface area contributed by atoms with Gasteiger partial charge < -0.3 is 14.7 Å². The standard InChI is InChI=1S/C23H28N4O2/c1-18-6-5-7-20(16-18)25-12-14-27(15-13-25)23(29)21-17-19(8-9-24-21)22(28)26-10-3-2-4-11-26/h5-9,16-17H,2-4,10-15H2,1H3. The lowest BCUT2D eigenvalue weighted by molar-refractivity contribution is 0.0724. The molecule has 1 aromatic heterocycles. The Labute approximate surface area is 172 Å². The molecule has 6 nitrogen and oxygen atoms in total. The molecule has 4 rings (SSSR count). The molecule has 2 aliphatic rings. The summed E-state index contributed by atoms with van der Waals surface area (Å²) in [5, 5.41) is 0. The van der Waals surface area contributed by atoms with Crippen molar-refractivity contribution in [1.82, 2.24) is 14.8 Å². The maximum Gasteiger partial charge on any atom is 0.272 e.